The van der Waals surface area contributed by atoms with Crippen molar-refractivity contribution in [3.63, 3.8) is 0 Å². The summed E-state index contributed by atoms with van der Waals surface area (Å²) < 4.78 is 6.44. The van der Waals surface area contributed by atoms with Gasteiger partial charge in [-0.2, -0.15) is 10.4 Å². The van der Waals surface area contributed by atoms with E-state index in [2.05, 4.69) is 16.5 Å². The van der Waals surface area contributed by atoms with Crippen LogP contribution in [-0.2, 0) is 11.3 Å². The van der Waals surface area contributed by atoms with Gasteiger partial charge in [-0.05, 0) is 37.6 Å². The molecule has 0 bridgehead atoms. The normalized spacial score (nSPS) is 13.0. The van der Waals surface area contributed by atoms with E-state index in [0.717, 1.165) is 5.56 Å². The maximum absolute atomic E-state index is 12.3. The number of hydrogen-bond donors (Lipinski definition) is 2. The van der Waals surface area contributed by atoms with Crippen LogP contribution < -0.4 is 10.1 Å². The maximum Gasteiger partial charge on any atom is 0.257 e. The second-order valence-corrected chi connectivity index (χ2v) is 5.45. The van der Waals surface area contributed by atoms with Gasteiger partial charge in [-0.25, -0.2) is 0 Å². The Morgan fingerprint density at radius 2 is 2.30 bits per heavy atom. The Morgan fingerprint density at radius 1 is 1.57 bits per heavy atom. The largest absolute Gasteiger partial charge is 0.493 e. The van der Waals surface area contributed by atoms with Crippen LogP contribution in [0.4, 0.5) is 5.69 Å². The van der Waals surface area contributed by atoms with Crippen LogP contribution in [0.3, 0.4) is 0 Å². The first-order chi connectivity index (χ1) is 10.9. The molecular formula is C16H18N4O3. The standard InChI is InChI=1S/C16H18N4O3/c1-11-6-13(5-4-12(11)7-17)19-15(21)16(2,22)10-20-9-14(23-3)8-18-20/h4-6,8-9,22H,10H2,1-3H3,(H,19,21). The number of nitriles is 1. The number of aliphatic hydroxyl groups is 1. The van der Waals surface area contributed by atoms with Gasteiger partial charge in [0.25, 0.3) is 5.91 Å². The molecule has 23 heavy (non-hydrogen) atoms. The molecule has 1 aromatic heterocycles. The first kappa shape index (κ1) is 16.5. The van der Waals surface area contributed by atoms with Crippen LogP contribution in [0.1, 0.15) is 18.1 Å². The van der Waals surface area contributed by atoms with Crippen molar-refractivity contribution in [2.45, 2.75) is 26.0 Å². The van der Waals surface area contributed by atoms with Gasteiger partial charge in [0.15, 0.2) is 11.4 Å². The van der Waals surface area contributed by atoms with Crippen molar-refractivity contribution in [1.82, 2.24) is 9.78 Å². The molecule has 0 spiro atoms. The summed E-state index contributed by atoms with van der Waals surface area (Å²) >= 11 is 0. The van der Waals surface area contributed by atoms with Gasteiger partial charge in [0.2, 0.25) is 0 Å². The van der Waals surface area contributed by atoms with Gasteiger partial charge >= 0.3 is 0 Å². The first-order valence-electron chi connectivity index (χ1n) is 6.97. The van der Waals surface area contributed by atoms with Crippen molar-refractivity contribution >= 4 is 11.6 Å². The summed E-state index contributed by atoms with van der Waals surface area (Å²) in [6, 6.07) is 6.99. The van der Waals surface area contributed by atoms with Crippen LogP contribution in [0.2, 0.25) is 0 Å². The molecule has 0 radical (unpaired) electrons. The highest BCUT2D eigenvalue weighted by Crippen LogP contribution is 2.18. The van der Waals surface area contributed by atoms with Gasteiger partial charge in [-0.15, -0.1) is 0 Å². The predicted octanol–water partition coefficient (Wildman–Crippen LogP) is 1.46. The molecule has 0 saturated carbocycles. The lowest BCUT2D eigenvalue weighted by Crippen LogP contribution is -2.43. The minimum absolute atomic E-state index is 0.0164. The van der Waals surface area contributed by atoms with E-state index >= 15 is 0 Å². The number of nitrogens with zero attached hydrogens (tertiary/aromatic N) is 3. The summed E-state index contributed by atoms with van der Waals surface area (Å²) in [6.07, 6.45) is 3.09. The maximum atomic E-state index is 12.3. The summed E-state index contributed by atoms with van der Waals surface area (Å²) in [5.41, 5.74) is 0.156. The predicted molar refractivity (Wildman–Crippen MR) is 83.9 cm³/mol. The van der Waals surface area contributed by atoms with Crippen LogP contribution in [0.15, 0.2) is 30.6 Å². The number of methoxy groups -OCH3 is 1. The van der Waals surface area contributed by atoms with Crippen molar-refractivity contribution in [2.24, 2.45) is 0 Å². The monoisotopic (exact) mass is 314 g/mol. The Balaban J connectivity index is 2.09. The highest BCUT2D eigenvalue weighted by atomic mass is 16.5. The molecule has 2 aromatic rings. The average Bonchev–Trinajstić information content (AvgIpc) is 2.94. The number of aromatic nitrogens is 2. The average molecular weight is 314 g/mol. The smallest absolute Gasteiger partial charge is 0.257 e. The number of hydrogen-bond acceptors (Lipinski definition) is 5. The van der Waals surface area contributed by atoms with E-state index in [1.54, 1.807) is 31.3 Å². The van der Waals surface area contributed by atoms with E-state index in [4.69, 9.17) is 10.00 Å². The Labute approximate surface area is 134 Å². The van der Waals surface area contributed by atoms with Gasteiger partial charge in [-0.1, -0.05) is 0 Å². The molecular weight excluding hydrogens is 296 g/mol. The first-order valence-corrected chi connectivity index (χ1v) is 6.97. The number of ether oxygens (including phenoxy) is 1. The molecule has 0 fully saturated rings. The number of benzene rings is 1. The minimum atomic E-state index is -1.65. The van der Waals surface area contributed by atoms with Crippen LogP contribution in [0, 0.1) is 18.3 Å². The molecule has 120 valence electrons. The molecule has 1 amide bonds. The highest BCUT2D eigenvalue weighted by molar-refractivity contribution is 5.96. The fraction of sp³-hybridized carbons (Fsp3) is 0.312. The van der Waals surface area contributed by atoms with Gasteiger partial charge in [-0.3, -0.25) is 9.48 Å². The van der Waals surface area contributed by atoms with Gasteiger partial charge in [0, 0.05) is 5.69 Å². The number of rotatable bonds is 5. The number of aryl methyl sites for hydroxylation is 1. The molecule has 1 atom stereocenters. The van der Waals surface area contributed by atoms with E-state index in [1.807, 2.05) is 0 Å². The minimum Gasteiger partial charge on any atom is -0.493 e. The van der Waals surface area contributed by atoms with Gasteiger partial charge in [0.1, 0.15) is 0 Å². The topological polar surface area (TPSA) is 100 Å². The van der Waals surface area contributed by atoms with Crippen LogP contribution in [-0.4, -0.2) is 33.5 Å². The van der Waals surface area contributed by atoms with Crippen LogP contribution in [0.5, 0.6) is 5.75 Å². The van der Waals surface area contributed by atoms with Gasteiger partial charge in [0.05, 0.1) is 37.7 Å². The third-order valence-electron chi connectivity index (χ3n) is 3.41. The van der Waals surface area contributed by atoms with E-state index in [-0.39, 0.29) is 6.54 Å². The second kappa shape index (κ2) is 6.50. The molecule has 0 aliphatic rings. The second-order valence-electron chi connectivity index (χ2n) is 5.45. The lowest BCUT2D eigenvalue weighted by molar-refractivity contribution is -0.133. The summed E-state index contributed by atoms with van der Waals surface area (Å²) in [6.45, 7) is 3.17. The molecule has 0 saturated heterocycles. The summed E-state index contributed by atoms with van der Waals surface area (Å²) in [5, 5.41) is 26.0. The third kappa shape index (κ3) is 3.87. The van der Waals surface area contributed by atoms with Crippen molar-refractivity contribution in [1.29, 1.82) is 5.26 Å². The zero-order chi connectivity index (χ0) is 17.0. The Hall–Kier alpha value is -2.85. The summed E-state index contributed by atoms with van der Waals surface area (Å²) in [4.78, 5) is 12.3. The van der Waals surface area contributed by atoms with E-state index in [0.29, 0.717) is 17.0 Å². The Kier molecular flexibility index (Phi) is 4.67. The SMILES string of the molecule is COc1cnn(CC(C)(O)C(=O)Nc2ccc(C#N)c(C)c2)c1. The molecule has 1 heterocycles. The molecule has 2 rings (SSSR count). The van der Waals surface area contributed by atoms with E-state index < -0.39 is 11.5 Å². The fourth-order valence-electron chi connectivity index (χ4n) is 2.06. The third-order valence-corrected chi connectivity index (χ3v) is 3.41. The lowest BCUT2D eigenvalue weighted by Gasteiger charge is -2.22. The molecule has 1 unspecified atom stereocenters. The zero-order valence-corrected chi connectivity index (χ0v) is 13.2. The van der Waals surface area contributed by atoms with E-state index in [1.165, 1.54) is 24.9 Å². The van der Waals surface area contributed by atoms with Crippen molar-refractivity contribution in [2.75, 3.05) is 12.4 Å². The number of amides is 1. The molecule has 7 heteroatoms. The highest BCUT2D eigenvalue weighted by Gasteiger charge is 2.31. The molecule has 0 aliphatic heterocycles. The van der Waals surface area contributed by atoms with Crippen LogP contribution in [0.25, 0.3) is 0 Å². The number of nitrogens with one attached hydrogen (secondary N) is 1. The number of carbonyl (C=O) groups excluding carboxylic acids is 1. The lowest BCUT2D eigenvalue weighted by atomic mass is 10.1. The quantitative estimate of drug-likeness (QED) is 0.870. The molecule has 7 nitrogen and oxygen atoms in total. The van der Waals surface area contributed by atoms with Crippen molar-refractivity contribution in [3.05, 3.63) is 41.7 Å². The Morgan fingerprint density at radius 3 is 2.87 bits per heavy atom. The zero-order valence-electron chi connectivity index (χ0n) is 13.2. The molecule has 0 aliphatic carbocycles. The van der Waals surface area contributed by atoms with Crippen LogP contribution >= 0.6 is 0 Å². The van der Waals surface area contributed by atoms with Crippen molar-refractivity contribution in [3.8, 4) is 11.8 Å². The van der Waals surface area contributed by atoms with Crippen molar-refractivity contribution < 1.29 is 14.6 Å². The van der Waals surface area contributed by atoms with E-state index in [9.17, 15) is 9.90 Å². The molecule has 2 N–H and O–H groups in total. The fourth-order valence-corrected chi connectivity index (χ4v) is 2.06. The molecule has 1 aromatic carbocycles. The van der Waals surface area contributed by atoms with Gasteiger partial charge < -0.3 is 15.2 Å². The number of carbonyl (C=O) groups is 1. The summed E-state index contributed by atoms with van der Waals surface area (Å²) in [5.74, 6) is -0.0139. The Bertz CT molecular complexity index is 759. The summed E-state index contributed by atoms with van der Waals surface area (Å²) in [7, 11) is 1.51. The number of anilines is 1.